The number of nitrogens with zero attached hydrogens (tertiary/aromatic N) is 1. The molecule has 1 aliphatic heterocycles. The Kier molecular flexibility index (Phi) is 8.61. The zero-order valence-electron chi connectivity index (χ0n) is 9.98. The molecule has 1 heterocycles. The third kappa shape index (κ3) is 5.68. The van der Waals surface area contributed by atoms with E-state index in [1.54, 1.807) is 0 Å². The zero-order chi connectivity index (χ0) is 11.1. The molecule has 0 aromatic carbocycles. The fraction of sp³-hybridized carbons (Fsp3) is 0.909. The monoisotopic (exact) mass is 250 g/mol. The predicted octanol–water partition coefficient (Wildman–Crippen LogP) is 1.03. The van der Waals surface area contributed by atoms with Crippen LogP contribution in [-0.4, -0.2) is 43.7 Å². The van der Waals surface area contributed by atoms with E-state index in [0.29, 0.717) is 18.9 Å². The molecule has 5 heteroatoms. The molecule has 0 aliphatic carbocycles. The van der Waals surface area contributed by atoms with Gasteiger partial charge in [0.2, 0.25) is 0 Å². The van der Waals surface area contributed by atoms with Crippen LogP contribution >= 0.6 is 12.4 Å². The van der Waals surface area contributed by atoms with Gasteiger partial charge >= 0.3 is 5.97 Å². The number of hydrogen-bond acceptors (Lipinski definition) is 4. The highest BCUT2D eigenvalue weighted by Gasteiger charge is 2.18. The van der Waals surface area contributed by atoms with E-state index >= 15 is 0 Å². The molecule has 0 unspecified atom stereocenters. The number of piperidine rings is 1. The van der Waals surface area contributed by atoms with Crippen molar-refractivity contribution in [2.24, 2.45) is 11.7 Å². The molecule has 0 radical (unpaired) electrons. The number of esters is 1. The molecule has 0 saturated carbocycles. The normalized spacial score (nSPS) is 17.9. The van der Waals surface area contributed by atoms with Gasteiger partial charge in [-0.1, -0.05) is 0 Å². The van der Waals surface area contributed by atoms with Gasteiger partial charge in [-0.2, -0.15) is 0 Å². The van der Waals surface area contributed by atoms with Crippen LogP contribution < -0.4 is 5.73 Å². The topological polar surface area (TPSA) is 55.6 Å². The van der Waals surface area contributed by atoms with E-state index < -0.39 is 0 Å². The summed E-state index contributed by atoms with van der Waals surface area (Å²) in [6.45, 7) is 6.09. The summed E-state index contributed by atoms with van der Waals surface area (Å²) in [5.74, 6) is 0.599. The second kappa shape index (κ2) is 8.79. The fourth-order valence-electron chi connectivity index (χ4n) is 1.93. The number of carbonyl (C=O) groups is 1. The van der Waals surface area contributed by atoms with E-state index in [0.717, 1.165) is 26.2 Å². The van der Waals surface area contributed by atoms with Crippen LogP contribution in [0.15, 0.2) is 0 Å². The van der Waals surface area contributed by atoms with E-state index in [1.165, 1.54) is 12.8 Å². The summed E-state index contributed by atoms with van der Waals surface area (Å²) >= 11 is 0. The lowest BCUT2D eigenvalue weighted by Gasteiger charge is -2.30. The van der Waals surface area contributed by atoms with Crippen LogP contribution in [0.4, 0.5) is 0 Å². The summed E-state index contributed by atoms with van der Waals surface area (Å²) in [6, 6.07) is 0. The van der Waals surface area contributed by atoms with E-state index in [2.05, 4.69) is 4.90 Å². The van der Waals surface area contributed by atoms with Crippen LogP contribution in [-0.2, 0) is 9.53 Å². The highest BCUT2D eigenvalue weighted by molar-refractivity contribution is 5.85. The molecule has 16 heavy (non-hydrogen) atoms. The van der Waals surface area contributed by atoms with Crippen LogP contribution in [0.5, 0.6) is 0 Å². The SMILES string of the molecule is CCOC(=O)CCN1CCC(CN)CC1.Cl. The molecule has 0 bridgehead atoms. The Labute approximate surface area is 104 Å². The lowest BCUT2D eigenvalue weighted by molar-refractivity contribution is -0.143. The number of carbonyl (C=O) groups excluding carboxylic acids is 1. The quantitative estimate of drug-likeness (QED) is 0.741. The molecule has 0 aromatic heterocycles. The van der Waals surface area contributed by atoms with E-state index in [-0.39, 0.29) is 18.4 Å². The number of nitrogens with two attached hydrogens (primary N) is 1. The average Bonchev–Trinajstić information content (AvgIpc) is 2.27. The number of hydrogen-bond donors (Lipinski definition) is 1. The summed E-state index contributed by atoms with van der Waals surface area (Å²) in [5, 5.41) is 0. The largest absolute Gasteiger partial charge is 0.466 e. The molecule has 1 saturated heterocycles. The average molecular weight is 251 g/mol. The van der Waals surface area contributed by atoms with E-state index in [1.807, 2.05) is 6.92 Å². The molecule has 1 fully saturated rings. The van der Waals surface area contributed by atoms with Crippen LogP contribution in [0.1, 0.15) is 26.2 Å². The van der Waals surface area contributed by atoms with Crippen molar-refractivity contribution >= 4 is 18.4 Å². The van der Waals surface area contributed by atoms with Crippen LogP contribution in [0.2, 0.25) is 0 Å². The van der Waals surface area contributed by atoms with Gasteiger partial charge in [0.1, 0.15) is 0 Å². The molecule has 0 spiro atoms. The number of likely N-dealkylation sites (tertiary alicyclic amines) is 1. The molecular weight excluding hydrogens is 228 g/mol. The minimum atomic E-state index is -0.0848. The van der Waals surface area contributed by atoms with Gasteiger partial charge < -0.3 is 15.4 Å². The second-order valence-corrected chi connectivity index (χ2v) is 4.08. The van der Waals surface area contributed by atoms with Crippen LogP contribution in [0.25, 0.3) is 0 Å². The van der Waals surface area contributed by atoms with Gasteiger partial charge in [0.25, 0.3) is 0 Å². The predicted molar refractivity (Wildman–Crippen MR) is 66.7 cm³/mol. The van der Waals surface area contributed by atoms with E-state index in [4.69, 9.17) is 10.5 Å². The first-order valence-electron chi connectivity index (χ1n) is 5.84. The Bertz CT molecular complexity index is 194. The maximum absolute atomic E-state index is 11.1. The third-order valence-electron chi connectivity index (χ3n) is 2.98. The van der Waals surface area contributed by atoms with Gasteiger partial charge in [-0.3, -0.25) is 4.79 Å². The van der Waals surface area contributed by atoms with Gasteiger partial charge in [-0.05, 0) is 45.3 Å². The summed E-state index contributed by atoms with van der Waals surface area (Å²) in [4.78, 5) is 13.5. The number of halogens is 1. The Morgan fingerprint density at radius 3 is 2.56 bits per heavy atom. The van der Waals surface area contributed by atoms with Gasteiger partial charge in [-0.15, -0.1) is 12.4 Å². The first kappa shape index (κ1) is 15.7. The highest BCUT2D eigenvalue weighted by atomic mass is 35.5. The molecule has 0 amide bonds. The highest BCUT2D eigenvalue weighted by Crippen LogP contribution is 2.15. The maximum Gasteiger partial charge on any atom is 0.307 e. The van der Waals surface area contributed by atoms with Crippen LogP contribution in [0.3, 0.4) is 0 Å². The van der Waals surface area contributed by atoms with Crippen molar-refractivity contribution in [3.8, 4) is 0 Å². The van der Waals surface area contributed by atoms with Gasteiger partial charge in [0, 0.05) is 6.54 Å². The Hall–Kier alpha value is -0.320. The van der Waals surface area contributed by atoms with Gasteiger partial charge in [-0.25, -0.2) is 0 Å². The second-order valence-electron chi connectivity index (χ2n) is 4.08. The van der Waals surface area contributed by atoms with Crippen molar-refractivity contribution in [1.29, 1.82) is 0 Å². The first-order chi connectivity index (χ1) is 7.26. The smallest absolute Gasteiger partial charge is 0.307 e. The molecule has 0 aromatic rings. The molecular formula is C11H23ClN2O2. The first-order valence-corrected chi connectivity index (χ1v) is 5.84. The molecule has 4 nitrogen and oxygen atoms in total. The minimum absolute atomic E-state index is 0. The standard InChI is InChI=1S/C11H22N2O2.ClH/c1-2-15-11(14)5-8-13-6-3-10(9-12)4-7-13;/h10H,2-9,12H2,1H3;1H. The molecule has 1 aliphatic rings. The van der Waals surface area contributed by atoms with Crippen LogP contribution in [0, 0.1) is 5.92 Å². The Morgan fingerprint density at radius 2 is 2.06 bits per heavy atom. The minimum Gasteiger partial charge on any atom is -0.466 e. The number of rotatable bonds is 5. The summed E-state index contributed by atoms with van der Waals surface area (Å²) in [7, 11) is 0. The van der Waals surface area contributed by atoms with Crippen molar-refractivity contribution in [3.63, 3.8) is 0 Å². The van der Waals surface area contributed by atoms with Gasteiger partial charge in [0.15, 0.2) is 0 Å². The summed E-state index contributed by atoms with van der Waals surface area (Å²) in [5.41, 5.74) is 5.62. The van der Waals surface area contributed by atoms with Crippen molar-refractivity contribution in [2.75, 3.05) is 32.8 Å². The fourth-order valence-corrected chi connectivity index (χ4v) is 1.93. The molecule has 2 N–H and O–H groups in total. The maximum atomic E-state index is 11.1. The summed E-state index contributed by atoms with van der Waals surface area (Å²) in [6.07, 6.45) is 2.85. The van der Waals surface area contributed by atoms with Crippen molar-refractivity contribution in [1.82, 2.24) is 4.90 Å². The van der Waals surface area contributed by atoms with Crippen molar-refractivity contribution < 1.29 is 9.53 Å². The van der Waals surface area contributed by atoms with Crippen molar-refractivity contribution in [3.05, 3.63) is 0 Å². The van der Waals surface area contributed by atoms with Crippen molar-refractivity contribution in [2.45, 2.75) is 26.2 Å². The molecule has 1 rings (SSSR count). The Morgan fingerprint density at radius 1 is 1.44 bits per heavy atom. The zero-order valence-corrected chi connectivity index (χ0v) is 10.8. The molecule has 0 atom stereocenters. The number of ether oxygens (including phenoxy) is 1. The lowest BCUT2D eigenvalue weighted by atomic mass is 9.97. The summed E-state index contributed by atoms with van der Waals surface area (Å²) < 4.78 is 4.89. The Balaban J connectivity index is 0.00000225. The van der Waals surface area contributed by atoms with Gasteiger partial charge in [0.05, 0.1) is 13.0 Å². The van der Waals surface area contributed by atoms with E-state index in [9.17, 15) is 4.79 Å². The third-order valence-corrected chi connectivity index (χ3v) is 2.98. The lowest BCUT2D eigenvalue weighted by Crippen LogP contribution is -2.37. The molecule has 96 valence electrons.